The second kappa shape index (κ2) is 5.09. The molecule has 1 aromatic carbocycles. The molecule has 0 radical (unpaired) electrons. The van der Waals surface area contributed by atoms with Gasteiger partial charge in [0.25, 0.3) is 5.69 Å². The molecule has 7 nitrogen and oxygen atoms in total. The Hall–Kier alpha value is -2.70. The Kier molecular flexibility index (Phi) is 3.33. The number of nitrogens with two attached hydrogens (primary N) is 1. The van der Waals surface area contributed by atoms with Gasteiger partial charge in [-0.2, -0.15) is 0 Å². The van der Waals surface area contributed by atoms with Crippen molar-refractivity contribution in [3.05, 3.63) is 52.3 Å². The van der Waals surface area contributed by atoms with Crippen LogP contribution in [0.5, 0.6) is 0 Å². The third-order valence-corrected chi connectivity index (χ3v) is 2.31. The summed E-state index contributed by atoms with van der Waals surface area (Å²) in [6, 6.07) is 6.36. The minimum Gasteiger partial charge on any atom is -0.381 e. The number of anilines is 2. The number of aromatic nitrogens is 2. The molecule has 0 atom stereocenters. The molecule has 0 aliphatic rings. The first kappa shape index (κ1) is 11.8. The minimum absolute atomic E-state index is 0.0569. The van der Waals surface area contributed by atoms with Crippen LogP contribution in [-0.4, -0.2) is 14.9 Å². The van der Waals surface area contributed by atoms with E-state index in [-0.39, 0.29) is 5.69 Å². The average molecular weight is 245 g/mol. The Morgan fingerprint density at radius 2 is 2.11 bits per heavy atom. The molecular formula is C11H11N5O2. The maximum absolute atomic E-state index is 10.6. The van der Waals surface area contributed by atoms with Gasteiger partial charge in [-0.3, -0.25) is 10.1 Å². The Bertz CT molecular complexity index is 573. The molecule has 7 heteroatoms. The number of benzene rings is 1. The lowest BCUT2D eigenvalue weighted by molar-refractivity contribution is -0.384. The van der Waals surface area contributed by atoms with Crippen LogP contribution in [0.2, 0.25) is 0 Å². The number of hydrogen-bond donors (Lipinski definition) is 2. The zero-order valence-corrected chi connectivity index (χ0v) is 9.41. The van der Waals surface area contributed by atoms with Crippen molar-refractivity contribution in [1.29, 1.82) is 0 Å². The number of nitrogens with one attached hydrogen (secondary N) is 1. The lowest BCUT2D eigenvalue weighted by Crippen LogP contribution is -2.05. The Morgan fingerprint density at radius 3 is 2.83 bits per heavy atom. The molecular weight excluding hydrogens is 234 g/mol. The minimum atomic E-state index is -0.430. The number of hydrogen-bond acceptors (Lipinski definition) is 6. The maximum atomic E-state index is 10.6. The molecule has 0 unspecified atom stereocenters. The van der Waals surface area contributed by atoms with E-state index < -0.39 is 4.92 Å². The van der Waals surface area contributed by atoms with Gasteiger partial charge in [-0.15, -0.1) is 0 Å². The van der Waals surface area contributed by atoms with E-state index in [0.29, 0.717) is 18.2 Å². The molecule has 1 heterocycles. The standard InChI is InChI=1S/C11H11N5O2/c12-10-11(14-5-4-13-10)15-7-8-2-1-3-9(6-8)16(17)18/h1-6H,7H2,(H2,12,13)(H,14,15). The van der Waals surface area contributed by atoms with Gasteiger partial charge in [0.1, 0.15) is 0 Å². The van der Waals surface area contributed by atoms with Crippen molar-refractivity contribution in [2.75, 3.05) is 11.1 Å². The topological polar surface area (TPSA) is 107 Å². The van der Waals surface area contributed by atoms with Crippen LogP contribution in [-0.2, 0) is 6.54 Å². The zero-order valence-electron chi connectivity index (χ0n) is 9.41. The third-order valence-electron chi connectivity index (χ3n) is 2.31. The SMILES string of the molecule is Nc1nccnc1NCc1cccc([N+](=O)[O-])c1. The van der Waals surface area contributed by atoms with Crippen molar-refractivity contribution in [3.8, 4) is 0 Å². The Balaban J connectivity index is 2.09. The quantitative estimate of drug-likeness (QED) is 0.625. The predicted molar refractivity (Wildman–Crippen MR) is 66.9 cm³/mol. The highest BCUT2D eigenvalue weighted by Crippen LogP contribution is 2.15. The normalized spacial score (nSPS) is 10.0. The molecule has 0 aliphatic carbocycles. The van der Waals surface area contributed by atoms with E-state index in [2.05, 4.69) is 15.3 Å². The van der Waals surface area contributed by atoms with Crippen molar-refractivity contribution >= 4 is 17.3 Å². The maximum Gasteiger partial charge on any atom is 0.269 e. The van der Waals surface area contributed by atoms with Gasteiger partial charge in [-0.25, -0.2) is 9.97 Å². The highest BCUT2D eigenvalue weighted by atomic mass is 16.6. The van der Waals surface area contributed by atoms with E-state index in [1.54, 1.807) is 12.1 Å². The number of non-ortho nitro benzene ring substituents is 1. The molecule has 2 rings (SSSR count). The van der Waals surface area contributed by atoms with Crippen molar-refractivity contribution in [3.63, 3.8) is 0 Å². The van der Waals surface area contributed by atoms with Gasteiger partial charge >= 0.3 is 0 Å². The Labute approximate surface area is 103 Å². The van der Waals surface area contributed by atoms with Gasteiger partial charge in [0.15, 0.2) is 11.6 Å². The van der Waals surface area contributed by atoms with Crippen LogP contribution in [0.15, 0.2) is 36.7 Å². The zero-order chi connectivity index (χ0) is 13.0. The lowest BCUT2D eigenvalue weighted by atomic mass is 10.2. The lowest BCUT2D eigenvalue weighted by Gasteiger charge is -2.06. The molecule has 92 valence electrons. The fraction of sp³-hybridized carbons (Fsp3) is 0.0909. The summed E-state index contributed by atoms with van der Waals surface area (Å²) in [6.07, 6.45) is 3.01. The number of nitro groups is 1. The van der Waals surface area contributed by atoms with Crippen LogP contribution < -0.4 is 11.1 Å². The van der Waals surface area contributed by atoms with Crippen LogP contribution in [0.4, 0.5) is 17.3 Å². The first-order valence-corrected chi connectivity index (χ1v) is 5.20. The van der Waals surface area contributed by atoms with E-state index in [9.17, 15) is 10.1 Å². The van der Waals surface area contributed by atoms with Gasteiger partial charge in [-0.1, -0.05) is 12.1 Å². The molecule has 0 spiro atoms. The van der Waals surface area contributed by atoms with E-state index >= 15 is 0 Å². The van der Waals surface area contributed by atoms with Crippen LogP contribution in [0, 0.1) is 10.1 Å². The highest BCUT2D eigenvalue weighted by molar-refractivity contribution is 5.55. The second-order valence-electron chi connectivity index (χ2n) is 3.57. The van der Waals surface area contributed by atoms with Crippen molar-refractivity contribution in [2.45, 2.75) is 6.54 Å². The summed E-state index contributed by atoms with van der Waals surface area (Å²) < 4.78 is 0. The molecule has 18 heavy (non-hydrogen) atoms. The summed E-state index contributed by atoms with van der Waals surface area (Å²) in [7, 11) is 0. The number of nitrogen functional groups attached to an aromatic ring is 1. The van der Waals surface area contributed by atoms with Crippen LogP contribution in [0.1, 0.15) is 5.56 Å². The summed E-state index contributed by atoms with van der Waals surface area (Å²) >= 11 is 0. The first-order valence-electron chi connectivity index (χ1n) is 5.20. The van der Waals surface area contributed by atoms with E-state index in [1.165, 1.54) is 24.5 Å². The van der Waals surface area contributed by atoms with Crippen molar-refractivity contribution in [1.82, 2.24) is 9.97 Å². The van der Waals surface area contributed by atoms with Crippen LogP contribution >= 0.6 is 0 Å². The van der Waals surface area contributed by atoms with Crippen LogP contribution in [0.3, 0.4) is 0 Å². The first-order chi connectivity index (χ1) is 8.66. The molecule has 2 aromatic rings. The second-order valence-corrected chi connectivity index (χ2v) is 3.57. The molecule has 0 fully saturated rings. The fourth-order valence-corrected chi connectivity index (χ4v) is 1.45. The van der Waals surface area contributed by atoms with E-state index in [1.807, 2.05) is 0 Å². The molecule has 0 saturated carbocycles. The average Bonchev–Trinajstić information content (AvgIpc) is 2.38. The largest absolute Gasteiger partial charge is 0.381 e. The van der Waals surface area contributed by atoms with Gasteiger partial charge in [0, 0.05) is 31.1 Å². The third kappa shape index (κ3) is 2.70. The van der Waals surface area contributed by atoms with Gasteiger partial charge in [0.2, 0.25) is 0 Å². The summed E-state index contributed by atoms with van der Waals surface area (Å²) in [5.74, 6) is 0.756. The highest BCUT2D eigenvalue weighted by Gasteiger charge is 2.06. The summed E-state index contributed by atoms with van der Waals surface area (Å²) in [5.41, 5.74) is 6.45. The van der Waals surface area contributed by atoms with E-state index in [4.69, 9.17) is 5.73 Å². The molecule has 0 aliphatic heterocycles. The van der Waals surface area contributed by atoms with Gasteiger partial charge in [-0.05, 0) is 5.56 Å². The van der Waals surface area contributed by atoms with E-state index in [0.717, 1.165) is 5.56 Å². The predicted octanol–water partition coefficient (Wildman–Crippen LogP) is 1.58. The number of nitro benzene ring substituents is 1. The fourth-order valence-electron chi connectivity index (χ4n) is 1.45. The van der Waals surface area contributed by atoms with Crippen LogP contribution in [0.25, 0.3) is 0 Å². The summed E-state index contributed by atoms with van der Waals surface area (Å²) in [5, 5.41) is 13.6. The van der Waals surface area contributed by atoms with Crippen molar-refractivity contribution in [2.24, 2.45) is 0 Å². The summed E-state index contributed by atoms with van der Waals surface area (Å²) in [6.45, 7) is 0.393. The molecule has 3 N–H and O–H groups in total. The van der Waals surface area contributed by atoms with Gasteiger partial charge < -0.3 is 11.1 Å². The number of rotatable bonds is 4. The Morgan fingerprint density at radius 1 is 1.33 bits per heavy atom. The smallest absolute Gasteiger partial charge is 0.269 e. The summed E-state index contributed by atoms with van der Waals surface area (Å²) in [4.78, 5) is 18.1. The monoisotopic (exact) mass is 245 g/mol. The molecule has 0 amide bonds. The number of nitrogens with zero attached hydrogens (tertiary/aromatic N) is 3. The molecule has 0 bridgehead atoms. The molecule has 1 aromatic heterocycles. The van der Waals surface area contributed by atoms with Crippen molar-refractivity contribution < 1.29 is 4.92 Å². The molecule has 0 saturated heterocycles. The van der Waals surface area contributed by atoms with Gasteiger partial charge in [0.05, 0.1) is 4.92 Å².